The van der Waals surface area contributed by atoms with Crippen LogP contribution in [-0.4, -0.2) is 15.0 Å². The summed E-state index contributed by atoms with van der Waals surface area (Å²) < 4.78 is 1.84. The van der Waals surface area contributed by atoms with Crippen molar-refractivity contribution in [3.8, 4) is 5.69 Å². The summed E-state index contributed by atoms with van der Waals surface area (Å²) in [6.07, 6.45) is 2.77. The van der Waals surface area contributed by atoms with E-state index in [2.05, 4.69) is 36.5 Å². The Bertz CT molecular complexity index is 518. The second kappa shape index (κ2) is 5.50. The number of hydrogen-bond donors (Lipinski definition) is 2. The molecular weight excluding hydrogens is 238 g/mol. The lowest BCUT2D eigenvalue weighted by atomic mass is 9.80. The molecule has 0 amide bonds. The molecule has 0 saturated heterocycles. The van der Waals surface area contributed by atoms with Gasteiger partial charge < -0.3 is 0 Å². The minimum atomic E-state index is -0.00675. The summed E-state index contributed by atoms with van der Waals surface area (Å²) in [5, 5.41) is 8.21. The number of hydrogen-bond acceptors (Lipinski definition) is 4. The van der Waals surface area contributed by atoms with Crippen LogP contribution in [0.15, 0.2) is 36.5 Å². The summed E-state index contributed by atoms with van der Waals surface area (Å²) in [4.78, 5) is 0. The normalized spacial score (nSPS) is 13.5. The lowest BCUT2D eigenvalue weighted by Gasteiger charge is -2.32. The van der Waals surface area contributed by atoms with Gasteiger partial charge in [0, 0.05) is 0 Å². The van der Waals surface area contributed by atoms with Gasteiger partial charge in [0.05, 0.1) is 23.6 Å². The molecule has 0 bridgehead atoms. The molecule has 1 unspecified atom stereocenters. The number of aromatic nitrogens is 3. The Kier molecular flexibility index (Phi) is 3.97. The predicted octanol–water partition coefficient (Wildman–Crippen LogP) is 2.21. The third-order valence-corrected chi connectivity index (χ3v) is 3.73. The third kappa shape index (κ3) is 2.67. The van der Waals surface area contributed by atoms with Crippen molar-refractivity contribution >= 4 is 0 Å². The van der Waals surface area contributed by atoms with Crippen LogP contribution in [0.3, 0.4) is 0 Å². The van der Waals surface area contributed by atoms with Gasteiger partial charge in [0.15, 0.2) is 0 Å². The molecule has 1 atom stereocenters. The molecule has 19 heavy (non-hydrogen) atoms. The average molecular weight is 259 g/mol. The molecule has 0 fully saturated rings. The SMILES string of the molecule is CCC(C)(C)C(NN)c1cnnn1-c1ccccc1. The number of benzene rings is 1. The van der Waals surface area contributed by atoms with E-state index in [1.807, 2.05) is 35.0 Å². The number of para-hydroxylation sites is 1. The van der Waals surface area contributed by atoms with Gasteiger partial charge in [0.2, 0.25) is 0 Å². The molecule has 0 radical (unpaired) electrons. The van der Waals surface area contributed by atoms with E-state index in [-0.39, 0.29) is 11.5 Å². The first-order valence-corrected chi connectivity index (χ1v) is 6.52. The lowest BCUT2D eigenvalue weighted by Crippen LogP contribution is -2.39. The molecule has 5 nitrogen and oxygen atoms in total. The maximum atomic E-state index is 5.75. The molecule has 0 spiro atoms. The lowest BCUT2D eigenvalue weighted by molar-refractivity contribution is 0.228. The van der Waals surface area contributed by atoms with Crippen LogP contribution in [0.1, 0.15) is 38.9 Å². The van der Waals surface area contributed by atoms with Gasteiger partial charge in [-0.3, -0.25) is 11.3 Å². The van der Waals surface area contributed by atoms with Crippen LogP contribution in [0.25, 0.3) is 5.69 Å². The fourth-order valence-corrected chi connectivity index (χ4v) is 2.13. The van der Waals surface area contributed by atoms with E-state index in [1.165, 1.54) is 0 Å². The highest BCUT2D eigenvalue weighted by Crippen LogP contribution is 2.35. The molecule has 3 N–H and O–H groups in total. The van der Waals surface area contributed by atoms with Crippen LogP contribution < -0.4 is 11.3 Å². The number of hydrazine groups is 1. The van der Waals surface area contributed by atoms with Crippen molar-refractivity contribution in [1.29, 1.82) is 0 Å². The maximum absolute atomic E-state index is 5.75. The van der Waals surface area contributed by atoms with Crippen molar-refractivity contribution in [1.82, 2.24) is 20.4 Å². The fraction of sp³-hybridized carbons (Fsp3) is 0.429. The van der Waals surface area contributed by atoms with E-state index in [9.17, 15) is 0 Å². The van der Waals surface area contributed by atoms with Gasteiger partial charge in [-0.15, -0.1) is 5.10 Å². The summed E-state index contributed by atoms with van der Waals surface area (Å²) >= 11 is 0. The standard InChI is InChI=1S/C14H21N5/c1-4-14(2,3)13(17-15)12-10-16-18-19(12)11-8-6-5-7-9-11/h5-10,13,17H,4,15H2,1-3H3. The van der Waals surface area contributed by atoms with Crippen LogP contribution in [0.4, 0.5) is 0 Å². The molecule has 2 rings (SSSR count). The van der Waals surface area contributed by atoms with E-state index >= 15 is 0 Å². The smallest absolute Gasteiger partial charge is 0.0834 e. The second-order valence-electron chi connectivity index (χ2n) is 5.35. The van der Waals surface area contributed by atoms with E-state index in [0.29, 0.717) is 0 Å². The fourth-order valence-electron chi connectivity index (χ4n) is 2.13. The summed E-state index contributed by atoms with van der Waals surface area (Å²) in [7, 11) is 0. The minimum Gasteiger partial charge on any atom is -0.271 e. The highest BCUT2D eigenvalue weighted by atomic mass is 15.4. The molecule has 0 aliphatic carbocycles. The van der Waals surface area contributed by atoms with Crippen molar-refractivity contribution in [2.45, 2.75) is 33.2 Å². The molecule has 0 saturated carbocycles. The quantitative estimate of drug-likeness (QED) is 0.638. The summed E-state index contributed by atoms with van der Waals surface area (Å²) in [5.41, 5.74) is 4.88. The molecular formula is C14H21N5. The molecule has 102 valence electrons. The Labute approximate surface area is 113 Å². The molecule has 1 heterocycles. The largest absolute Gasteiger partial charge is 0.271 e. The van der Waals surface area contributed by atoms with E-state index in [1.54, 1.807) is 6.20 Å². The van der Waals surface area contributed by atoms with Crippen molar-refractivity contribution in [2.24, 2.45) is 11.3 Å². The van der Waals surface area contributed by atoms with Gasteiger partial charge in [-0.2, -0.15) is 0 Å². The van der Waals surface area contributed by atoms with Gasteiger partial charge in [-0.05, 0) is 24.0 Å². The summed E-state index contributed by atoms with van der Waals surface area (Å²) in [6.45, 7) is 6.51. The maximum Gasteiger partial charge on any atom is 0.0834 e. The van der Waals surface area contributed by atoms with Gasteiger partial charge in [0.1, 0.15) is 0 Å². The number of nitrogens with two attached hydrogens (primary N) is 1. The zero-order valence-corrected chi connectivity index (χ0v) is 11.7. The van der Waals surface area contributed by atoms with Crippen molar-refractivity contribution in [2.75, 3.05) is 0 Å². The molecule has 5 heteroatoms. The number of nitrogens with one attached hydrogen (secondary N) is 1. The monoisotopic (exact) mass is 259 g/mol. The highest BCUT2D eigenvalue weighted by molar-refractivity contribution is 5.32. The Hall–Kier alpha value is -1.72. The molecule has 0 aliphatic rings. The van der Waals surface area contributed by atoms with Crippen LogP contribution in [-0.2, 0) is 0 Å². The molecule has 1 aromatic carbocycles. The third-order valence-electron chi connectivity index (χ3n) is 3.73. The van der Waals surface area contributed by atoms with Gasteiger partial charge in [0.25, 0.3) is 0 Å². The van der Waals surface area contributed by atoms with Crippen LogP contribution in [0, 0.1) is 5.41 Å². The first-order chi connectivity index (χ1) is 9.10. The van der Waals surface area contributed by atoms with Gasteiger partial charge in [-0.1, -0.05) is 44.2 Å². The first kappa shape index (κ1) is 13.7. The van der Waals surface area contributed by atoms with E-state index < -0.39 is 0 Å². The average Bonchev–Trinajstić information content (AvgIpc) is 2.89. The minimum absolute atomic E-state index is 0.00675. The Morgan fingerprint density at radius 3 is 2.58 bits per heavy atom. The first-order valence-electron chi connectivity index (χ1n) is 6.52. The van der Waals surface area contributed by atoms with E-state index in [0.717, 1.165) is 17.8 Å². The number of nitrogens with zero attached hydrogens (tertiary/aromatic N) is 3. The molecule has 2 aromatic rings. The van der Waals surface area contributed by atoms with Crippen LogP contribution in [0.2, 0.25) is 0 Å². The predicted molar refractivity (Wildman–Crippen MR) is 75.5 cm³/mol. The molecule has 0 aliphatic heterocycles. The van der Waals surface area contributed by atoms with Crippen molar-refractivity contribution in [3.05, 3.63) is 42.2 Å². The summed E-state index contributed by atoms with van der Waals surface area (Å²) in [6, 6.07) is 9.95. The summed E-state index contributed by atoms with van der Waals surface area (Å²) in [5.74, 6) is 5.75. The second-order valence-corrected chi connectivity index (χ2v) is 5.35. The van der Waals surface area contributed by atoms with E-state index in [4.69, 9.17) is 5.84 Å². The van der Waals surface area contributed by atoms with Gasteiger partial charge >= 0.3 is 0 Å². The zero-order chi connectivity index (χ0) is 13.9. The van der Waals surface area contributed by atoms with Crippen LogP contribution in [0.5, 0.6) is 0 Å². The Morgan fingerprint density at radius 1 is 1.32 bits per heavy atom. The zero-order valence-electron chi connectivity index (χ0n) is 11.7. The number of rotatable bonds is 5. The van der Waals surface area contributed by atoms with Gasteiger partial charge in [-0.25, -0.2) is 4.68 Å². The highest BCUT2D eigenvalue weighted by Gasteiger charge is 2.31. The Morgan fingerprint density at radius 2 is 2.00 bits per heavy atom. The Balaban J connectivity index is 2.44. The van der Waals surface area contributed by atoms with Crippen LogP contribution >= 0.6 is 0 Å². The van der Waals surface area contributed by atoms with Crippen molar-refractivity contribution < 1.29 is 0 Å². The molecule has 1 aromatic heterocycles. The topological polar surface area (TPSA) is 68.8 Å². The van der Waals surface area contributed by atoms with Crippen molar-refractivity contribution in [3.63, 3.8) is 0 Å².